The van der Waals surface area contributed by atoms with E-state index in [1.807, 2.05) is 0 Å². The normalized spacial score (nSPS) is 23.4. The van der Waals surface area contributed by atoms with Crippen LogP contribution in [0.3, 0.4) is 0 Å². The van der Waals surface area contributed by atoms with E-state index in [4.69, 9.17) is 0 Å². The Labute approximate surface area is 108 Å². The lowest BCUT2D eigenvalue weighted by Gasteiger charge is -2.43. The molecule has 0 saturated carbocycles. The molecule has 1 N–H and O–H groups in total. The molecule has 3 heterocycles. The third-order valence-corrected chi connectivity index (χ3v) is 4.94. The third-order valence-electron chi connectivity index (χ3n) is 3.33. The predicted octanol–water partition coefficient (Wildman–Crippen LogP) is 0.999. The fraction of sp³-hybridized carbons (Fsp3) is 0.700. The van der Waals surface area contributed by atoms with Gasteiger partial charge in [-0.2, -0.15) is 0 Å². The molecule has 0 atom stereocenters. The molecule has 0 radical (unpaired) electrons. The van der Waals surface area contributed by atoms with E-state index in [1.54, 1.807) is 11.3 Å². The lowest BCUT2D eigenvalue weighted by Crippen LogP contribution is -2.61. The second-order valence-electron chi connectivity index (χ2n) is 4.29. The van der Waals surface area contributed by atoms with Crippen LogP contribution >= 0.6 is 27.3 Å². The molecule has 0 amide bonds. The zero-order valence-electron chi connectivity index (χ0n) is 9.03. The summed E-state index contributed by atoms with van der Waals surface area (Å²) in [5.41, 5.74) is 0. The van der Waals surface area contributed by atoms with Crippen LogP contribution < -0.4 is 10.2 Å². The molecule has 4 nitrogen and oxygen atoms in total. The molecule has 2 fully saturated rings. The van der Waals surface area contributed by atoms with Gasteiger partial charge in [0.2, 0.25) is 0 Å². The number of thiazole rings is 1. The predicted molar refractivity (Wildman–Crippen MR) is 70.3 cm³/mol. The lowest BCUT2D eigenvalue weighted by molar-refractivity contribution is 0.138. The van der Waals surface area contributed by atoms with Gasteiger partial charge in [0.05, 0.1) is 0 Å². The monoisotopic (exact) mass is 302 g/mol. The second kappa shape index (κ2) is 4.60. The van der Waals surface area contributed by atoms with Crippen molar-refractivity contribution >= 4 is 32.4 Å². The number of nitrogens with zero attached hydrogens (tertiary/aromatic N) is 3. The van der Waals surface area contributed by atoms with E-state index in [9.17, 15) is 0 Å². The molecule has 0 spiro atoms. The van der Waals surface area contributed by atoms with Crippen molar-refractivity contribution in [2.75, 3.05) is 44.2 Å². The first-order valence-electron chi connectivity index (χ1n) is 5.64. The van der Waals surface area contributed by atoms with Crippen molar-refractivity contribution in [2.45, 2.75) is 6.04 Å². The highest BCUT2D eigenvalue weighted by Gasteiger charge is 2.28. The van der Waals surface area contributed by atoms with Crippen LogP contribution in [0.4, 0.5) is 5.13 Å². The number of piperazine rings is 1. The Morgan fingerprint density at radius 1 is 1.31 bits per heavy atom. The summed E-state index contributed by atoms with van der Waals surface area (Å²) >= 11 is 5.13. The van der Waals surface area contributed by atoms with Crippen molar-refractivity contribution in [3.63, 3.8) is 0 Å². The lowest BCUT2D eigenvalue weighted by atomic mass is 10.1. The highest BCUT2D eigenvalue weighted by molar-refractivity contribution is 9.10. The average molecular weight is 303 g/mol. The molecule has 1 aromatic heterocycles. The van der Waals surface area contributed by atoms with Crippen LogP contribution in [0.25, 0.3) is 0 Å². The smallest absolute Gasteiger partial charge is 0.186 e. The van der Waals surface area contributed by atoms with Gasteiger partial charge in [-0.1, -0.05) is 0 Å². The van der Waals surface area contributed by atoms with Gasteiger partial charge in [-0.05, 0) is 15.9 Å². The molecule has 16 heavy (non-hydrogen) atoms. The summed E-state index contributed by atoms with van der Waals surface area (Å²) in [5.74, 6) is 0. The first kappa shape index (κ1) is 11.0. The van der Waals surface area contributed by atoms with Crippen LogP contribution in [0.15, 0.2) is 9.98 Å². The Kier molecular flexibility index (Phi) is 3.15. The van der Waals surface area contributed by atoms with Gasteiger partial charge in [-0.3, -0.25) is 4.90 Å². The highest BCUT2D eigenvalue weighted by Crippen LogP contribution is 2.24. The Balaban J connectivity index is 1.57. The summed E-state index contributed by atoms with van der Waals surface area (Å²) in [6.45, 7) is 6.89. The van der Waals surface area contributed by atoms with E-state index in [2.05, 4.69) is 41.4 Å². The van der Waals surface area contributed by atoms with E-state index in [0.29, 0.717) is 0 Å². The Bertz CT molecular complexity index is 357. The maximum Gasteiger partial charge on any atom is 0.186 e. The summed E-state index contributed by atoms with van der Waals surface area (Å²) < 4.78 is 0.957. The van der Waals surface area contributed by atoms with Crippen molar-refractivity contribution in [1.29, 1.82) is 0 Å². The molecule has 0 aromatic carbocycles. The van der Waals surface area contributed by atoms with Crippen molar-refractivity contribution in [3.8, 4) is 0 Å². The van der Waals surface area contributed by atoms with Gasteiger partial charge in [0.15, 0.2) is 5.13 Å². The summed E-state index contributed by atoms with van der Waals surface area (Å²) in [5, 5.41) is 6.54. The minimum Gasteiger partial charge on any atom is -0.345 e. The average Bonchev–Trinajstić information content (AvgIpc) is 2.63. The molecule has 2 saturated heterocycles. The zero-order chi connectivity index (χ0) is 11.0. The molecule has 88 valence electrons. The van der Waals surface area contributed by atoms with E-state index < -0.39 is 0 Å². The van der Waals surface area contributed by atoms with Crippen molar-refractivity contribution in [1.82, 2.24) is 15.2 Å². The number of halogens is 1. The maximum absolute atomic E-state index is 4.47. The number of hydrogen-bond acceptors (Lipinski definition) is 5. The molecular weight excluding hydrogens is 288 g/mol. The fourth-order valence-electron chi connectivity index (χ4n) is 2.20. The molecule has 0 aliphatic carbocycles. The number of hydrogen-bond donors (Lipinski definition) is 1. The maximum atomic E-state index is 4.47. The van der Waals surface area contributed by atoms with Gasteiger partial charge in [-0.25, -0.2) is 4.98 Å². The second-order valence-corrected chi connectivity index (χ2v) is 5.94. The number of anilines is 1. The Morgan fingerprint density at radius 3 is 2.56 bits per heavy atom. The minimum absolute atomic E-state index is 0.783. The van der Waals surface area contributed by atoms with Gasteiger partial charge in [0.1, 0.15) is 4.60 Å². The van der Waals surface area contributed by atoms with Crippen molar-refractivity contribution in [2.24, 2.45) is 0 Å². The van der Waals surface area contributed by atoms with E-state index in [0.717, 1.165) is 28.9 Å². The number of rotatable bonds is 2. The molecule has 1 aromatic rings. The Morgan fingerprint density at radius 2 is 2.06 bits per heavy atom. The standard InChI is InChI=1S/C10H15BrN4S/c11-9-7-16-10(13-9)15-3-1-14(2-4-15)8-5-12-6-8/h7-8,12H,1-6H2. The molecule has 2 aliphatic heterocycles. The summed E-state index contributed by atoms with van der Waals surface area (Å²) in [6.07, 6.45) is 0. The van der Waals surface area contributed by atoms with Crippen LogP contribution in [-0.2, 0) is 0 Å². The van der Waals surface area contributed by atoms with Gasteiger partial charge in [0.25, 0.3) is 0 Å². The number of aromatic nitrogens is 1. The van der Waals surface area contributed by atoms with Gasteiger partial charge in [-0.15, -0.1) is 11.3 Å². The molecule has 3 rings (SSSR count). The van der Waals surface area contributed by atoms with E-state index >= 15 is 0 Å². The molecule has 6 heteroatoms. The van der Waals surface area contributed by atoms with Crippen LogP contribution in [-0.4, -0.2) is 55.2 Å². The van der Waals surface area contributed by atoms with Crippen LogP contribution in [0.1, 0.15) is 0 Å². The summed E-state index contributed by atoms with van der Waals surface area (Å²) in [4.78, 5) is 9.45. The fourth-order valence-corrected chi connectivity index (χ4v) is 3.50. The molecule has 2 aliphatic rings. The Hall–Kier alpha value is -0.170. The summed E-state index contributed by atoms with van der Waals surface area (Å²) in [7, 11) is 0. The quantitative estimate of drug-likeness (QED) is 0.883. The van der Waals surface area contributed by atoms with Crippen molar-refractivity contribution < 1.29 is 0 Å². The van der Waals surface area contributed by atoms with Gasteiger partial charge >= 0.3 is 0 Å². The first-order chi connectivity index (χ1) is 7.83. The summed E-state index contributed by atoms with van der Waals surface area (Å²) in [6, 6.07) is 0.783. The van der Waals surface area contributed by atoms with Crippen LogP contribution in [0.5, 0.6) is 0 Å². The van der Waals surface area contributed by atoms with E-state index in [-0.39, 0.29) is 0 Å². The van der Waals surface area contributed by atoms with E-state index in [1.165, 1.54) is 26.2 Å². The minimum atomic E-state index is 0.783. The van der Waals surface area contributed by atoms with Gasteiger partial charge in [0, 0.05) is 50.7 Å². The van der Waals surface area contributed by atoms with Crippen LogP contribution in [0.2, 0.25) is 0 Å². The zero-order valence-corrected chi connectivity index (χ0v) is 11.4. The topological polar surface area (TPSA) is 31.4 Å². The number of nitrogens with one attached hydrogen (secondary N) is 1. The van der Waals surface area contributed by atoms with Crippen LogP contribution in [0, 0.1) is 0 Å². The molecular formula is C10H15BrN4S. The highest BCUT2D eigenvalue weighted by atomic mass is 79.9. The van der Waals surface area contributed by atoms with Gasteiger partial charge < -0.3 is 10.2 Å². The van der Waals surface area contributed by atoms with Crippen molar-refractivity contribution in [3.05, 3.63) is 9.98 Å². The third kappa shape index (κ3) is 2.11. The molecule has 0 unspecified atom stereocenters. The first-order valence-corrected chi connectivity index (χ1v) is 7.31. The largest absolute Gasteiger partial charge is 0.345 e. The SMILES string of the molecule is Brc1csc(N2CCN(C3CNC3)CC2)n1. The molecule has 0 bridgehead atoms.